The molecule has 0 atom stereocenters. The summed E-state index contributed by atoms with van der Waals surface area (Å²) in [5, 5.41) is 10.9. The standard InChI is InChI=1S/C21H22N4O4/c1-13-5-7-14(8-6-13)16-10-17(24-23-16)21(26)25-22-12-15-9-19(28-3)20(29-4)11-18(15)27-2/h5-12H,1-4H3,(H,23,24)(H,25,26)/b22-12+. The first-order valence-electron chi connectivity index (χ1n) is 8.81. The third-order valence-electron chi connectivity index (χ3n) is 4.28. The minimum Gasteiger partial charge on any atom is -0.496 e. The number of aryl methyl sites for hydroxylation is 1. The van der Waals surface area contributed by atoms with E-state index in [-0.39, 0.29) is 0 Å². The van der Waals surface area contributed by atoms with Gasteiger partial charge in [-0.3, -0.25) is 9.89 Å². The number of aromatic nitrogens is 2. The molecule has 0 aliphatic rings. The molecule has 29 heavy (non-hydrogen) atoms. The molecule has 0 fully saturated rings. The van der Waals surface area contributed by atoms with Gasteiger partial charge in [-0.05, 0) is 19.1 Å². The van der Waals surface area contributed by atoms with E-state index in [1.54, 1.807) is 25.3 Å². The van der Waals surface area contributed by atoms with Crippen molar-refractivity contribution >= 4 is 12.1 Å². The number of ether oxygens (including phenoxy) is 3. The Kier molecular flexibility index (Phi) is 6.13. The summed E-state index contributed by atoms with van der Waals surface area (Å²) in [7, 11) is 4.62. The molecule has 0 bridgehead atoms. The smallest absolute Gasteiger partial charge is 0.289 e. The summed E-state index contributed by atoms with van der Waals surface area (Å²) < 4.78 is 15.9. The van der Waals surface area contributed by atoms with Crippen molar-refractivity contribution < 1.29 is 19.0 Å². The summed E-state index contributed by atoms with van der Waals surface area (Å²) in [5.74, 6) is 1.18. The fraction of sp³-hybridized carbons (Fsp3) is 0.190. The van der Waals surface area contributed by atoms with Crippen molar-refractivity contribution in [1.29, 1.82) is 0 Å². The zero-order chi connectivity index (χ0) is 20.8. The molecular formula is C21H22N4O4. The second-order valence-corrected chi connectivity index (χ2v) is 6.18. The molecule has 8 heteroatoms. The predicted molar refractivity (Wildman–Crippen MR) is 110 cm³/mol. The number of methoxy groups -OCH3 is 3. The summed E-state index contributed by atoms with van der Waals surface area (Å²) in [4.78, 5) is 12.3. The SMILES string of the molecule is COc1cc(OC)c(OC)cc1/C=N/NC(=O)c1cc(-c2ccc(C)cc2)n[nH]1. The maximum Gasteiger partial charge on any atom is 0.289 e. The van der Waals surface area contributed by atoms with Gasteiger partial charge in [-0.25, -0.2) is 5.43 Å². The number of carbonyl (C=O) groups excluding carboxylic acids is 1. The van der Waals surface area contributed by atoms with E-state index in [0.717, 1.165) is 11.1 Å². The second kappa shape index (κ2) is 8.92. The minimum absolute atomic E-state index is 0.303. The monoisotopic (exact) mass is 394 g/mol. The molecule has 0 unspecified atom stereocenters. The number of nitrogens with one attached hydrogen (secondary N) is 2. The predicted octanol–water partition coefficient (Wildman–Crippen LogP) is 3.17. The normalized spacial score (nSPS) is 10.8. The zero-order valence-corrected chi connectivity index (χ0v) is 16.6. The highest BCUT2D eigenvalue weighted by Crippen LogP contribution is 2.33. The number of carbonyl (C=O) groups is 1. The molecule has 0 spiro atoms. The molecule has 2 aromatic carbocycles. The van der Waals surface area contributed by atoms with Crippen molar-refractivity contribution in [1.82, 2.24) is 15.6 Å². The van der Waals surface area contributed by atoms with Gasteiger partial charge in [0, 0.05) is 17.2 Å². The maximum absolute atomic E-state index is 12.3. The van der Waals surface area contributed by atoms with Crippen LogP contribution in [0, 0.1) is 6.92 Å². The number of rotatable bonds is 7. The quantitative estimate of drug-likeness (QED) is 0.474. The summed E-state index contributed by atoms with van der Waals surface area (Å²) in [6, 6.07) is 13.0. The molecule has 0 saturated carbocycles. The van der Waals surface area contributed by atoms with Crippen LogP contribution in [0.25, 0.3) is 11.3 Å². The number of hydrogen-bond acceptors (Lipinski definition) is 6. The van der Waals surface area contributed by atoms with Crippen molar-refractivity contribution in [3.63, 3.8) is 0 Å². The second-order valence-electron chi connectivity index (χ2n) is 6.18. The van der Waals surface area contributed by atoms with E-state index < -0.39 is 5.91 Å². The number of aromatic amines is 1. The molecule has 0 radical (unpaired) electrons. The number of benzene rings is 2. The Morgan fingerprint density at radius 2 is 1.66 bits per heavy atom. The first-order chi connectivity index (χ1) is 14.0. The van der Waals surface area contributed by atoms with E-state index in [1.807, 2.05) is 31.2 Å². The van der Waals surface area contributed by atoms with Crippen LogP contribution in [0.15, 0.2) is 47.6 Å². The first-order valence-corrected chi connectivity index (χ1v) is 8.81. The van der Waals surface area contributed by atoms with E-state index in [0.29, 0.717) is 34.2 Å². The lowest BCUT2D eigenvalue weighted by Gasteiger charge is -2.11. The van der Waals surface area contributed by atoms with E-state index >= 15 is 0 Å². The molecule has 0 aliphatic heterocycles. The average Bonchev–Trinajstić information content (AvgIpc) is 3.24. The van der Waals surface area contributed by atoms with Crippen molar-refractivity contribution in [3.8, 4) is 28.5 Å². The van der Waals surface area contributed by atoms with Gasteiger partial charge in [-0.2, -0.15) is 10.2 Å². The van der Waals surface area contributed by atoms with Crippen LogP contribution in [0.1, 0.15) is 21.6 Å². The number of H-pyrrole nitrogens is 1. The van der Waals surface area contributed by atoms with Crippen LogP contribution >= 0.6 is 0 Å². The van der Waals surface area contributed by atoms with Crippen LogP contribution in [0.3, 0.4) is 0 Å². The summed E-state index contributed by atoms with van der Waals surface area (Å²) in [6.45, 7) is 2.01. The summed E-state index contributed by atoms with van der Waals surface area (Å²) in [6.07, 6.45) is 1.47. The Bertz CT molecular complexity index is 1030. The van der Waals surface area contributed by atoms with Gasteiger partial charge in [0.05, 0.1) is 33.2 Å². The van der Waals surface area contributed by atoms with Crippen LogP contribution in [-0.4, -0.2) is 43.6 Å². The van der Waals surface area contributed by atoms with E-state index in [9.17, 15) is 4.79 Å². The Morgan fingerprint density at radius 1 is 1.00 bits per heavy atom. The van der Waals surface area contributed by atoms with Crippen LogP contribution in [-0.2, 0) is 0 Å². The van der Waals surface area contributed by atoms with Gasteiger partial charge in [0.1, 0.15) is 11.4 Å². The van der Waals surface area contributed by atoms with Crippen LogP contribution in [0.2, 0.25) is 0 Å². The minimum atomic E-state index is -0.411. The molecule has 0 aliphatic carbocycles. The number of nitrogens with zero attached hydrogens (tertiary/aromatic N) is 2. The molecule has 150 valence electrons. The molecule has 3 aromatic rings. The lowest BCUT2D eigenvalue weighted by molar-refractivity contribution is 0.0950. The summed E-state index contributed by atoms with van der Waals surface area (Å²) >= 11 is 0. The van der Waals surface area contributed by atoms with Gasteiger partial charge < -0.3 is 14.2 Å². The number of hydrazone groups is 1. The van der Waals surface area contributed by atoms with E-state index in [4.69, 9.17) is 14.2 Å². The van der Waals surface area contributed by atoms with Crippen molar-refractivity contribution in [2.45, 2.75) is 6.92 Å². The largest absolute Gasteiger partial charge is 0.496 e. The lowest BCUT2D eigenvalue weighted by atomic mass is 10.1. The van der Waals surface area contributed by atoms with Crippen LogP contribution in [0.4, 0.5) is 0 Å². The highest BCUT2D eigenvalue weighted by atomic mass is 16.5. The summed E-state index contributed by atoms with van der Waals surface area (Å²) in [5.41, 5.74) is 6.15. The van der Waals surface area contributed by atoms with Gasteiger partial charge in [0.2, 0.25) is 0 Å². The third-order valence-corrected chi connectivity index (χ3v) is 4.28. The van der Waals surface area contributed by atoms with Crippen molar-refractivity contribution in [3.05, 3.63) is 59.3 Å². The first kappa shape index (κ1) is 19.9. The third kappa shape index (κ3) is 4.55. The maximum atomic E-state index is 12.3. The van der Waals surface area contributed by atoms with E-state index in [2.05, 4.69) is 20.7 Å². The Labute approximate surface area is 168 Å². The Morgan fingerprint density at radius 3 is 2.31 bits per heavy atom. The molecule has 1 aromatic heterocycles. The molecule has 1 heterocycles. The number of amides is 1. The van der Waals surface area contributed by atoms with E-state index in [1.165, 1.54) is 20.4 Å². The average molecular weight is 394 g/mol. The van der Waals surface area contributed by atoms with Crippen LogP contribution in [0.5, 0.6) is 17.2 Å². The molecule has 2 N–H and O–H groups in total. The van der Waals surface area contributed by atoms with Crippen molar-refractivity contribution in [2.75, 3.05) is 21.3 Å². The molecule has 1 amide bonds. The molecule has 3 rings (SSSR count). The topological polar surface area (TPSA) is 97.8 Å². The van der Waals surface area contributed by atoms with Gasteiger partial charge >= 0.3 is 0 Å². The van der Waals surface area contributed by atoms with Gasteiger partial charge in [-0.15, -0.1) is 0 Å². The van der Waals surface area contributed by atoms with Gasteiger partial charge in [0.25, 0.3) is 5.91 Å². The molecule has 0 saturated heterocycles. The highest BCUT2D eigenvalue weighted by Gasteiger charge is 2.12. The highest BCUT2D eigenvalue weighted by molar-refractivity contribution is 5.94. The molecule has 8 nitrogen and oxygen atoms in total. The lowest BCUT2D eigenvalue weighted by Crippen LogP contribution is -2.18. The Balaban J connectivity index is 1.72. The fourth-order valence-electron chi connectivity index (χ4n) is 2.68. The fourth-order valence-corrected chi connectivity index (χ4v) is 2.68. The zero-order valence-electron chi connectivity index (χ0n) is 16.6. The van der Waals surface area contributed by atoms with Gasteiger partial charge in [-0.1, -0.05) is 29.8 Å². The van der Waals surface area contributed by atoms with Gasteiger partial charge in [0.15, 0.2) is 11.5 Å². The number of hydrogen-bond donors (Lipinski definition) is 2. The Hall–Kier alpha value is -3.81. The van der Waals surface area contributed by atoms with Crippen LogP contribution < -0.4 is 19.6 Å². The van der Waals surface area contributed by atoms with Crippen molar-refractivity contribution in [2.24, 2.45) is 5.10 Å². The molecular weight excluding hydrogens is 372 g/mol.